The van der Waals surface area contributed by atoms with Crippen molar-refractivity contribution >= 4 is 6.71 Å². The molecule has 0 aliphatic carbocycles. The van der Waals surface area contributed by atoms with Crippen LogP contribution in [0, 0.1) is 0 Å². The molecule has 2 saturated heterocycles. The van der Waals surface area contributed by atoms with Crippen molar-refractivity contribution in [3.8, 4) is 0 Å². The van der Waals surface area contributed by atoms with Gasteiger partial charge in [0.2, 0.25) is 0 Å². The molecule has 58 valence electrons. The van der Waals surface area contributed by atoms with Gasteiger partial charge < -0.3 is 1.43 Å². The topological polar surface area (TPSA) is 0 Å². The van der Waals surface area contributed by atoms with Crippen LogP contribution in [0.25, 0.3) is 0 Å². The van der Waals surface area contributed by atoms with Crippen LogP contribution in [0.5, 0.6) is 0 Å². The van der Waals surface area contributed by atoms with E-state index in [4.69, 9.17) is 0 Å². The van der Waals surface area contributed by atoms with Crippen LogP contribution in [0.15, 0.2) is 0 Å². The quantitative estimate of drug-likeness (QED) is 0.430. The molecule has 0 atom stereocenters. The van der Waals surface area contributed by atoms with Gasteiger partial charge in [0, 0.05) is 0 Å². The number of hydrogen-bond donors (Lipinski definition) is 0. The summed E-state index contributed by atoms with van der Waals surface area (Å²) in [7, 11) is 0. The van der Waals surface area contributed by atoms with Gasteiger partial charge in [-0.25, -0.2) is 0 Å². The van der Waals surface area contributed by atoms with Crippen LogP contribution < -0.4 is 18.9 Å². The fraction of sp³-hybridized carbons (Fsp3) is 1.00. The molecule has 0 aromatic heterocycles. The minimum Gasteiger partial charge on any atom is -1.00 e. The molecular formula is C9H18BLi. The summed E-state index contributed by atoms with van der Waals surface area (Å²) in [5.41, 5.74) is 0. The molecule has 2 rings (SSSR count). The van der Waals surface area contributed by atoms with Crippen molar-refractivity contribution in [2.75, 3.05) is 0 Å². The Morgan fingerprint density at radius 1 is 1.00 bits per heavy atom. The SMILES string of the molecule is CB1C2CCCC1CCC2.[H-].[Li+]. The summed E-state index contributed by atoms with van der Waals surface area (Å²) in [6, 6.07) is 0. The van der Waals surface area contributed by atoms with E-state index in [9.17, 15) is 0 Å². The summed E-state index contributed by atoms with van der Waals surface area (Å²) in [5, 5.41) is 0. The standard InChI is InChI=1S/C9H17B.Li.H/c1-10-8-4-2-5-9(10)7-3-6-8;;/h8-9H,2-7H2,1H3;;/q;+1;-1. The first kappa shape index (κ1) is 9.75. The van der Waals surface area contributed by atoms with Crippen molar-refractivity contribution in [2.24, 2.45) is 0 Å². The Morgan fingerprint density at radius 2 is 1.36 bits per heavy atom. The van der Waals surface area contributed by atoms with Gasteiger partial charge >= 0.3 is 18.9 Å². The predicted molar refractivity (Wildman–Crippen MR) is 47.9 cm³/mol. The Bertz CT molecular complexity index is 110. The van der Waals surface area contributed by atoms with E-state index in [0.717, 1.165) is 18.3 Å². The van der Waals surface area contributed by atoms with Gasteiger partial charge in [0.1, 0.15) is 6.71 Å². The monoisotopic (exact) mass is 144 g/mol. The summed E-state index contributed by atoms with van der Waals surface area (Å²) >= 11 is 0. The Hall–Kier alpha value is 0.662. The zero-order chi connectivity index (χ0) is 6.97. The molecule has 0 nitrogen and oxygen atoms in total. The van der Waals surface area contributed by atoms with Gasteiger partial charge in [0.05, 0.1) is 0 Å². The number of hydrogen-bond acceptors (Lipinski definition) is 0. The zero-order valence-corrected chi connectivity index (χ0v) is 7.97. The van der Waals surface area contributed by atoms with Crippen LogP contribution in [-0.4, -0.2) is 6.71 Å². The van der Waals surface area contributed by atoms with Crippen LogP contribution >= 0.6 is 0 Å². The maximum Gasteiger partial charge on any atom is 1.00 e. The molecule has 0 N–H and O–H groups in total. The molecule has 2 fully saturated rings. The Balaban J connectivity index is 0.000000605. The van der Waals surface area contributed by atoms with Gasteiger partial charge in [-0.15, -0.1) is 0 Å². The fourth-order valence-corrected chi connectivity index (χ4v) is 3.01. The van der Waals surface area contributed by atoms with Gasteiger partial charge in [0.15, 0.2) is 0 Å². The van der Waals surface area contributed by atoms with Gasteiger partial charge in [-0.2, -0.15) is 0 Å². The van der Waals surface area contributed by atoms with Crippen LogP contribution in [0.3, 0.4) is 0 Å². The Labute approximate surface area is 84.3 Å². The predicted octanol–water partition coefficient (Wildman–Crippen LogP) is 0.336. The molecular weight excluding hydrogens is 126 g/mol. The molecule has 0 radical (unpaired) electrons. The van der Waals surface area contributed by atoms with E-state index < -0.39 is 0 Å². The maximum atomic E-state index is 2.48. The molecule has 0 spiro atoms. The summed E-state index contributed by atoms with van der Waals surface area (Å²) in [5.74, 6) is 2.24. The van der Waals surface area contributed by atoms with Crippen molar-refractivity contribution in [1.82, 2.24) is 0 Å². The third kappa shape index (κ3) is 1.87. The van der Waals surface area contributed by atoms with Crippen LogP contribution in [-0.2, 0) is 0 Å². The summed E-state index contributed by atoms with van der Waals surface area (Å²) in [6.07, 6.45) is 9.21. The zero-order valence-electron chi connectivity index (χ0n) is 8.97. The first-order chi connectivity index (χ1) is 4.88. The third-order valence-corrected chi connectivity index (χ3v) is 3.79. The number of fused-ring (bicyclic) bond motifs is 2. The molecule has 0 unspecified atom stereocenters. The minimum absolute atomic E-state index is 0. The largest absolute Gasteiger partial charge is 1.00 e. The molecule has 2 heteroatoms. The second-order valence-corrected chi connectivity index (χ2v) is 4.24. The molecule has 0 amide bonds. The summed E-state index contributed by atoms with van der Waals surface area (Å²) < 4.78 is 0. The normalized spacial score (nSPS) is 36.3. The molecule has 2 heterocycles. The van der Waals surface area contributed by atoms with Crippen molar-refractivity contribution in [1.29, 1.82) is 0 Å². The van der Waals surface area contributed by atoms with E-state index in [1.807, 2.05) is 0 Å². The first-order valence-electron chi connectivity index (χ1n) is 4.88. The van der Waals surface area contributed by atoms with E-state index >= 15 is 0 Å². The first-order valence-corrected chi connectivity index (χ1v) is 4.88. The van der Waals surface area contributed by atoms with E-state index in [-0.39, 0.29) is 20.3 Å². The molecule has 0 aromatic carbocycles. The summed E-state index contributed by atoms with van der Waals surface area (Å²) in [4.78, 5) is 0. The Kier molecular flexibility index (Phi) is 3.60. The summed E-state index contributed by atoms with van der Waals surface area (Å²) in [6.45, 7) is 3.55. The number of rotatable bonds is 0. The molecule has 2 bridgehead atoms. The van der Waals surface area contributed by atoms with E-state index in [1.165, 1.54) is 38.5 Å². The molecule has 11 heavy (non-hydrogen) atoms. The van der Waals surface area contributed by atoms with Gasteiger partial charge in [-0.3, -0.25) is 0 Å². The fourth-order valence-electron chi connectivity index (χ4n) is 3.01. The van der Waals surface area contributed by atoms with E-state index in [0.29, 0.717) is 0 Å². The van der Waals surface area contributed by atoms with E-state index in [1.54, 1.807) is 0 Å². The molecule has 2 aliphatic rings. The average Bonchev–Trinajstić information content (AvgIpc) is 1.86. The van der Waals surface area contributed by atoms with Crippen molar-refractivity contribution in [2.45, 2.75) is 57.0 Å². The second kappa shape index (κ2) is 4.06. The van der Waals surface area contributed by atoms with Gasteiger partial charge in [0.25, 0.3) is 0 Å². The van der Waals surface area contributed by atoms with Gasteiger partial charge in [-0.05, 0) is 0 Å². The molecule has 0 aromatic rings. The van der Waals surface area contributed by atoms with E-state index in [2.05, 4.69) is 6.82 Å². The van der Waals surface area contributed by atoms with Crippen molar-refractivity contribution < 1.29 is 20.3 Å². The van der Waals surface area contributed by atoms with Gasteiger partial charge in [-0.1, -0.05) is 57.0 Å². The molecule has 2 aliphatic heterocycles. The van der Waals surface area contributed by atoms with Crippen molar-refractivity contribution in [3.63, 3.8) is 0 Å². The average molecular weight is 144 g/mol. The Morgan fingerprint density at radius 3 is 1.64 bits per heavy atom. The third-order valence-electron chi connectivity index (χ3n) is 3.79. The minimum atomic E-state index is 0. The van der Waals surface area contributed by atoms with Crippen LogP contribution in [0.1, 0.15) is 40.0 Å². The smallest absolute Gasteiger partial charge is 1.00 e. The molecule has 0 saturated carbocycles. The maximum absolute atomic E-state index is 2.48. The second-order valence-electron chi connectivity index (χ2n) is 4.24. The van der Waals surface area contributed by atoms with Crippen LogP contribution in [0.2, 0.25) is 18.5 Å². The van der Waals surface area contributed by atoms with Crippen LogP contribution in [0.4, 0.5) is 0 Å². The van der Waals surface area contributed by atoms with Crippen molar-refractivity contribution in [3.05, 3.63) is 0 Å².